The van der Waals surface area contributed by atoms with Gasteiger partial charge in [-0.05, 0) is 30.7 Å². The summed E-state index contributed by atoms with van der Waals surface area (Å²) < 4.78 is 10.6. The van der Waals surface area contributed by atoms with Crippen LogP contribution in [0, 0.1) is 28.4 Å². The van der Waals surface area contributed by atoms with Crippen LogP contribution in [0.3, 0.4) is 0 Å². The number of nitrogen functional groups attached to an aromatic ring is 1. The lowest BCUT2D eigenvalue weighted by Crippen LogP contribution is -2.04. The van der Waals surface area contributed by atoms with Crippen molar-refractivity contribution in [2.45, 2.75) is 6.92 Å². The number of ether oxygens (including phenoxy) is 2. The molecule has 0 spiro atoms. The third-order valence-corrected chi connectivity index (χ3v) is 4.91. The van der Waals surface area contributed by atoms with Crippen LogP contribution in [0.4, 0.5) is 11.5 Å². The summed E-state index contributed by atoms with van der Waals surface area (Å²) in [5.74, 6) is 0.610. The fourth-order valence-corrected chi connectivity index (χ4v) is 3.44. The average molecular weight is 409 g/mol. The van der Waals surface area contributed by atoms with Crippen LogP contribution in [0.2, 0.25) is 5.02 Å². The highest BCUT2D eigenvalue weighted by molar-refractivity contribution is 6.30. The first kappa shape index (κ1) is 18.5. The highest BCUT2D eigenvalue weighted by atomic mass is 35.5. The zero-order valence-corrected chi connectivity index (χ0v) is 15.9. The molecular formula is C20H13ClN4O4. The minimum Gasteiger partial charge on any atom is -0.454 e. The lowest BCUT2D eigenvalue weighted by molar-refractivity contribution is -0.384. The van der Waals surface area contributed by atoms with Crippen LogP contribution in [0.5, 0.6) is 11.5 Å². The molecule has 8 nitrogen and oxygen atoms in total. The van der Waals surface area contributed by atoms with Gasteiger partial charge in [0.2, 0.25) is 6.79 Å². The van der Waals surface area contributed by atoms with Gasteiger partial charge in [-0.1, -0.05) is 23.7 Å². The standard InChI is InChI=1S/C20H13ClN4O4/c1-10-18(13-6-16-17(29-9-28-16)7-15(13)25(26)27)14(8-22)20(23)24-19(10)11-2-4-12(21)5-3-11/h2-7H,9H2,1H3,(H2,23,24). The van der Waals surface area contributed by atoms with E-state index in [4.69, 9.17) is 26.8 Å². The maximum Gasteiger partial charge on any atom is 0.281 e. The topological polar surface area (TPSA) is 124 Å². The van der Waals surface area contributed by atoms with Gasteiger partial charge in [0.15, 0.2) is 11.5 Å². The average Bonchev–Trinajstić information content (AvgIpc) is 3.16. The Bertz CT molecular complexity index is 1200. The number of nitriles is 1. The van der Waals surface area contributed by atoms with Gasteiger partial charge < -0.3 is 15.2 Å². The molecule has 1 aliphatic heterocycles. The Balaban J connectivity index is 2.05. The second kappa shape index (κ2) is 6.96. The van der Waals surface area contributed by atoms with Crippen LogP contribution in [0.1, 0.15) is 11.1 Å². The normalized spacial score (nSPS) is 11.9. The molecular weight excluding hydrogens is 396 g/mol. The van der Waals surface area contributed by atoms with E-state index in [2.05, 4.69) is 4.98 Å². The molecule has 0 saturated heterocycles. The molecule has 1 aliphatic rings. The molecule has 0 radical (unpaired) electrons. The third kappa shape index (κ3) is 3.07. The van der Waals surface area contributed by atoms with E-state index in [-0.39, 0.29) is 35.2 Å². The van der Waals surface area contributed by atoms with Gasteiger partial charge in [-0.15, -0.1) is 0 Å². The summed E-state index contributed by atoms with van der Waals surface area (Å²) in [4.78, 5) is 15.6. The summed E-state index contributed by atoms with van der Waals surface area (Å²) in [7, 11) is 0. The largest absolute Gasteiger partial charge is 0.454 e. The van der Waals surface area contributed by atoms with Crippen LogP contribution in [0.15, 0.2) is 36.4 Å². The molecule has 4 rings (SSSR count). The van der Waals surface area contributed by atoms with Gasteiger partial charge in [0.1, 0.15) is 17.5 Å². The number of nitro groups is 1. The smallest absolute Gasteiger partial charge is 0.281 e. The quantitative estimate of drug-likeness (QED) is 0.500. The van der Waals surface area contributed by atoms with Gasteiger partial charge in [0.25, 0.3) is 5.69 Å². The Labute approximate surface area is 170 Å². The fraction of sp³-hybridized carbons (Fsp3) is 0.100. The lowest BCUT2D eigenvalue weighted by Gasteiger charge is -2.15. The van der Waals surface area contributed by atoms with Gasteiger partial charge >= 0.3 is 0 Å². The number of nitro benzene ring substituents is 1. The summed E-state index contributed by atoms with van der Waals surface area (Å²) in [6, 6.07) is 11.7. The number of fused-ring (bicyclic) bond motifs is 1. The van der Waals surface area contributed by atoms with Crippen molar-refractivity contribution >= 4 is 23.1 Å². The Morgan fingerprint density at radius 2 is 1.90 bits per heavy atom. The molecule has 0 atom stereocenters. The molecule has 0 saturated carbocycles. The molecule has 1 aromatic heterocycles. The monoisotopic (exact) mass is 408 g/mol. The van der Waals surface area contributed by atoms with Crippen molar-refractivity contribution in [2.75, 3.05) is 12.5 Å². The molecule has 0 aliphatic carbocycles. The molecule has 2 heterocycles. The number of aromatic nitrogens is 1. The van der Waals surface area contributed by atoms with E-state index in [9.17, 15) is 15.4 Å². The van der Waals surface area contributed by atoms with E-state index < -0.39 is 4.92 Å². The van der Waals surface area contributed by atoms with E-state index in [1.807, 2.05) is 6.07 Å². The second-order valence-corrected chi connectivity index (χ2v) is 6.76. The first-order valence-electron chi connectivity index (χ1n) is 8.45. The minimum atomic E-state index is -0.531. The number of benzene rings is 2. The first-order valence-corrected chi connectivity index (χ1v) is 8.83. The summed E-state index contributed by atoms with van der Waals surface area (Å²) in [5, 5.41) is 22.0. The van der Waals surface area contributed by atoms with Crippen LogP contribution in [0.25, 0.3) is 22.4 Å². The number of hydrogen-bond acceptors (Lipinski definition) is 7. The van der Waals surface area contributed by atoms with Gasteiger partial charge in [-0.3, -0.25) is 10.1 Å². The van der Waals surface area contributed by atoms with E-state index in [0.717, 1.165) is 0 Å². The Morgan fingerprint density at radius 3 is 2.52 bits per heavy atom. The highest BCUT2D eigenvalue weighted by Gasteiger charge is 2.28. The SMILES string of the molecule is Cc1c(-c2ccc(Cl)cc2)nc(N)c(C#N)c1-c1cc2c(cc1[N+](=O)[O-])OCO2. The summed E-state index contributed by atoms with van der Waals surface area (Å²) in [5.41, 5.74) is 8.22. The molecule has 0 unspecified atom stereocenters. The minimum absolute atomic E-state index is 0.0231. The first-order chi connectivity index (χ1) is 13.9. The Kier molecular flexibility index (Phi) is 4.45. The third-order valence-electron chi connectivity index (χ3n) is 4.66. The van der Waals surface area contributed by atoms with Crippen LogP contribution < -0.4 is 15.2 Å². The number of nitrogens with zero attached hydrogens (tertiary/aromatic N) is 3. The number of rotatable bonds is 3. The number of hydrogen-bond donors (Lipinski definition) is 1. The molecule has 9 heteroatoms. The lowest BCUT2D eigenvalue weighted by atomic mass is 9.91. The highest BCUT2D eigenvalue weighted by Crippen LogP contribution is 2.46. The second-order valence-electron chi connectivity index (χ2n) is 6.32. The van der Waals surface area contributed by atoms with E-state index in [1.54, 1.807) is 31.2 Å². The maximum absolute atomic E-state index is 11.7. The summed E-state index contributed by atoms with van der Waals surface area (Å²) >= 11 is 5.97. The Morgan fingerprint density at radius 1 is 1.24 bits per heavy atom. The Hall–Kier alpha value is -3.83. The maximum atomic E-state index is 11.7. The van der Waals surface area contributed by atoms with Gasteiger partial charge in [0, 0.05) is 16.1 Å². The number of anilines is 1. The van der Waals surface area contributed by atoms with Crippen LogP contribution >= 0.6 is 11.6 Å². The molecule has 0 bridgehead atoms. The van der Waals surface area contributed by atoms with Crippen molar-refractivity contribution in [3.63, 3.8) is 0 Å². The molecule has 144 valence electrons. The fourth-order valence-electron chi connectivity index (χ4n) is 3.32. The number of nitrogens with two attached hydrogens (primary N) is 1. The van der Waals surface area contributed by atoms with Gasteiger partial charge in [0.05, 0.1) is 22.2 Å². The van der Waals surface area contributed by atoms with Crippen molar-refractivity contribution < 1.29 is 14.4 Å². The van der Waals surface area contributed by atoms with Crippen LogP contribution in [-0.4, -0.2) is 16.7 Å². The van der Waals surface area contributed by atoms with Crippen molar-refractivity contribution in [3.05, 3.63) is 62.7 Å². The van der Waals surface area contributed by atoms with Crippen molar-refractivity contribution in [1.82, 2.24) is 4.98 Å². The molecule has 2 aromatic carbocycles. The van der Waals surface area contributed by atoms with E-state index >= 15 is 0 Å². The molecule has 0 amide bonds. The predicted octanol–water partition coefficient (Wildman–Crippen LogP) is 4.47. The molecule has 29 heavy (non-hydrogen) atoms. The van der Waals surface area contributed by atoms with Gasteiger partial charge in [-0.25, -0.2) is 4.98 Å². The van der Waals surface area contributed by atoms with Crippen molar-refractivity contribution in [3.8, 4) is 40.0 Å². The van der Waals surface area contributed by atoms with Gasteiger partial charge in [-0.2, -0.15) is 5.26 Å². The van der Waals surface area contributed by atoms with E-state index in [0.29, 0.717) is 33.2 Å². The molecule has 3 aromatic rings. The van der Waals surface area contributed by atoms with Crippen molar-refractivity contribution in [2.24, 2.45) is 0 Å². The number of pyridine rings is 1. The molecule has 0 fully saturated rings. The molecule has 2 N–H and O–H groups in total. The summed E-state index contributed by atoms with van der Waals surface area (Å²) in [6.45, 7) is 1.70. The zero-order valence-electron chi connectivity index (χ0n) is 15.1. The predicted molar refractivity (Wildman–Crippen MR) is 107 cm³/mol. The van der Waals surface area contributed by atoms with E-state index in [1.165, 1.54) is 12.1 Å². The van der Waals surface area contributed by atoms with Crippen LogP contribution in [-0.2, 0) is 0 Å². The number of halogens is 1. The van der Waals surface area contributed by atoms with Crippen molar-refractivity contribution in [1.29, 1.82) is 5.26 Å². The summed E-state index contributed by atoms with van der Waals surface area (Å²) in [6.07, 6.45) is 0. The zero-order chi connectivity index (χ0) is 20.7.